The number of aromatic carboxylic acids is 1. The summed E-state index contributed by atoms with van der Waals surface area (Å²) in [6, 6.07) is 2.25. The van der Waals surface area contributed by atoms with Crippen LogP contribution in [0.15, 0.2) is 12.1 Å². The van der Waals surface area contributed by atoms with E-state index in [9.17, 15) is 20.0 Å². The second-order valence-electron chi connectivity index (χ2n) is 5.06. The van der Waals surface area contributed by atoms with Gasteiger partial charge >= 0.3 is 5.97 Å². The third-order valence-electron chi connectivity index (χ3n) is 3.63. The lowest BCUT2D eigenvalue weighted by molar-refractivity contribution is -0.384. The Labute approximate surface area is 121 Å². The van der Waals surface area contributed by atoms with Gasteiger partial charge in [0.15, 0.2) is 0 Å². The summed E-state index contributed by atoms with van der Waals surface area (Å²) in [7, 11) is 1.76. The average molecular weight is 299 g/mol. The zero-order valence-corrected chi connectivity index (χ0v) is 11.8. The fourth-order valence-electron chi connectivity index (χ4n) is 2.40. The van der Waals surface area contributed by atoms with Gasteiger partial charge in [-0.3, -0.25) is 10.1 Å². The lowest BCUT2D eigenvalue weighted by Crippen LogP contribution is -2.30. The normalized spacial score (nSPS) is 14.7. The van der Waals surface area contributed by atoms with Crippen LogP contribution in [0, 0.1) is 16.0 Å². The van der Waals surface area contributed by atoms with Gasteiger partial charge in [0.25, 0.3) is 5.69 Å². The molecule has 0 spiro atoms. The van der Waals surface area contributed by atoms with Gasteiger partial charge in [0.2, 0.25) is 0 Å². The van der Waals surface area contributed by atoms with E-state index in [0.29, 0.717) is 18.2 Å². The van der Waals surface area contributed by atoms with Gasteiger partial charge in [-0.1, -0.05) is 18.0 Å². The molecule has 0 saturated heterocycles. The minimum atomic E-state index is -1.22. The fraction of sp³-hybridized carbons (Fsp3) is 0.462. The monoisotopic (exact) mass is 298 g/mol. The average Bonchev–Trinajstić information content (AvgIpc) is 2.32. The SMILES string of the molecule is CN(CC1CCC1)c1c(Cl)cc([N+](=O)[O-])cc1C(=O)O. The van der Waals surface area contributed by atoms with Crippen molar-refractivity contribution >= 4 is 28.9 Å². The highest BCUT2D eigenvalue weighted by atomic mass is 35.5. The number of anilines is 1. The summed E-state index contributed by atoms with van der Waals surface area (Å²) in [6.45, 7) is 0.706. The maximum Gasteiger partial charge on any atom is 0.338 e. The number of benzene rings is 1. The van der Waals surface area contributed by atoms with Crippen LogP contribution in [-0.2, 0) is 0 Å². The van der Waals surface area contributed by atoms with Crippen molar-refractivity contribution in [2.45, 2.75) is 19.3 Å². The van der Waals surface area contributed by atoms with E-state index in [1.165, 1.54) is 12.5 Å². The highest BCUT2D eigenvalue weighted by Gasteiger charge is 2.25. The molecular weight excluding hydrogens is 284 g/mol. The molecule has 1 aliphatic carbocycles. The van der Waals surface area contributed by atoms with E-state index in [2.05, 4.69) is 0 Å². The zero-order chi connectivity index (χ0) is 14.9. The van der Waals surface area contributed by atoms with Crippen LogP contribution in [0.2, 0.25) is 5.02 Å². The molecule has 0 radical (unpaired) electrons. The molecule has 6 nitrogen and oxygen atoms in total. The van der Waals surface area contributed by atoms with Gasteiger partial charge in [-0.25, -0.2) is 4.79 Å². The van der Waals surface area contributed by atoms with Gasteiger partial charge in [0.05, 0.1) is 21.2 Å². The molecule has 1 N–H and O–H groups in total. The highest BCUT2D eigenvalue weighted by Crippen LogP contribution is 2.36. The standard InChI is InChI=1S/C13H15ClN2O4/c1-15(7-8-3-2-4-8)12-10(13(17)18)5-9(16(19)20)6-11(12)14/h5-6,8H,2-4,7H2,1H3,(H,17,18). The number of carbonyl (C=O) groups is 1. The zero-order valence-electron chi connectivity index (χ0n) is 11.0. The predicted octanol–water partition coefficient (Wildman–Crippen LogP) is 3.18. The lowest BCUT2D eigenvalue weighted by Gasteiger charge is -2.32. The Morgan fingerprint density at radius 2 is 2.20 bits per heavy atom. The number of nitro benzene ring substituents is 1. The van der Waals surface area contributed by atoms with Crippen LogP contribution in [0.3, 0.4) is 0 Å². The quantitative estimate of drug-likeness (QED) is 0.666. The van der Waals surface area contributed by atoms with Crippen LogP contribution in [0.1, 0.15) is 29.6 Å². The molecule has 1 aromatic carbocycles. The third kappa shape index (κ3) is 2.85. The van der Waals surface area contributed by atoms with Crippen molar-refractivity contribution in [3.8, 4) is 0 Å². The summed E-state index contributed by atoms with van der Waals surface area (Å²) in [5.41, 5.74) is -0.101. The number of nitrogens with zero attached hydrogens (tertiary/aromatic N) is 2. The summed E-state index contributed by atoms with van der Waals surface area (Å²) >= 11 is 6.05. The molecule has 0 amide bonds. The Hall–Kier alpha value is -1.82. The molecule has 0 aliphatic heterocycles. The van der Waals surface area contributed by atoms with Crippen molar-refractivity contribution in [2.24, 2.45) is 5.92 Å². The van der Waals surface area contributed by atoms with Crippen molar-refractivity contribution in [2.75, 3.05) is 18.5 Å². The summed E-state index contributed by atoms with van der Waals surface area (Å²) in [4.78, 5) is 23.2. The third-order valence-corrected chi connectivity index (χ3v) is 3.92. The van der Waals surface area contributed by atoms with Crippen molar-refractivity contribution in [1.29, 1.82) is 0 Å². The molecule has 108 valence electrons. The number of nitro groups is 1. The van der Waals surface area contributed by atoms with Crippen molar-refractivity contribution in [3.63, 3.8) is 0 Å². The van der Waals surface area contributed by atoms with Crippen molar-refractivity contribution in [1.82, 2.24) is 0 Å². The molecule has 0 heterocycles. The van der Waals surface area contributed by atoms with E-state index in [4.69, 9.17) is 11.6 Å². The second kappa shape index (κ2) is 5.66. The van der Waals surface area contributed by atoms with E-state index in [1.807, 2.05) is 0 Å². The van der Waals surface area contributed by atoms with Gasteiger partial charge in [-0.05, 0) is 18.8 Å². The summed E-state index contributed by atoms with van der Waals surface area (Å²) < 4.78 is 0. The van der Waals surface area contributed by atoms with E-state index >= 15 is 0 Å². The molecule has 1 saturated carbocycles. The Morgan fingerprint density at radius 3 is 2.65 bits per heavy atom. The smallest absolute Gasteiger partial charge is 0.338 e. The molecule has 1 aromatic rings. The first kappa shape index (κ1) is 14.6. The Morgan fingerprint density at radius 1 is 1.55 bits per heavy atom. The van der Waals surface area contributed by atoms with E-state index in [0.717, 1.165) is 18.9 Å². The largest absolute Gasteiger partial charge is 0.478 e. The van der Waals surface area contributed by atoms with Gasteiger partial charge in [0, 0.05) is 25.7 Å². The van der Waals surface area contributed by atoms with Gasteiger partial charge in [0.1, 0.15) is 0 Å². The van der Waals surface area contributed by atoms with Crippen LogP contribution in [0.5, 0.6) is 0 Å². The van der Waals surface area contributed by atoms with Gasteiger partial charge in [-0.15, -0.1) is 0 Å². The van der Waals surface area contributed by atoms with Crippen LogP contribution >= 0.6 is 11.6 Å². The Bertz CT molecular complexity index is 558. The molecule has 0 bridgehead atoms. The molecule has 1 fully saturated rings. The predicted molar refractivity (Wildman–Crippen MR) is 75.7 cm³/mol. The van der Waals surface area contributed by atoms with Crippen molar-refractivity contribution in [3.05, 3.63) is 32.8 Å². The highest BCUT2D eigenvalue weighted by molar-refractivity contribution is 6.34. The van der Waals surface area contributed by atoms with Gasteiger partial charge in [-0.2, -0.15) is 0 Å². The summed E-state index contributed by atoms with van der Waals surface area (Å²) in [6.07, 6.45) is 3.44. The Kier molecular flexibility index (Phi) is 4.13. The molecule has 20 heavy (non-hydrogen) atoms. The number of rotatable bonds is 5. The minimum Gasteiger partial charge on any atom is -0.478 e. The lowest BCUT2D eigenvalue weighted by atomic mass is 9.85. The first-order chi connectivity index (χ1) is 9.40. The second-order valence-corrected chi connectivity index (χ2v) is 5.47. The fourth-order valence-corrected chi connectivity index (χ4v) is 2.75. The molecule has 1 aliphatic rings. The van der Waals surface area contributed by atoms with Crippen LogP contribution in [0.4, 0.5) is 11.4 Å². The first-order valence-corrected chi connectivity index (χ1v) is 6.70. The van der Waals surface area contributed by atoms with Crippen molar-refractivity contribution < 1.29 is 14.8 Å². The van der Waals surface area contributed by atoms with Crippen LogP contribution in [-0.4, -0.2) is 29.6 Å². The number of non-ortho nitro benzene ring substituents is 1. The first-order valence-electron chi connectivity index (χ1n) is 6.32. The van der Waals surface area contributed by atoms with E-state index in [1.54, 1.807) is 11.9 Å². The van der Waals surface area contributed by atoms with Crippen LogP contribution < -0.4 is 4.90 Å². The molecule has 2 rings (SSSR count). The van der Waals surface area contributed by atoms with Gasteiger partial charge < -0.3 is 10.0 Å². The maximum atomic E-state index is 11.3. The number of carboxylic acids is 1. The maximum absolute atomic E-state index is 11.3. The number of carboxylic acid groups (broad SMARTS) is 1. The molecular formula is C13H15ClN2O4. The molecule has 7 heteroatoms. The Balaban J connectivity index is 2.39. The number of hydrogen-bond acceptors (Lipinski definition) is 4. The minimum absolute atomic E-state index is 0.0958. The molecule has 0 unspecified atom stereocenters. The van der Waals surface area contributed by atoms with E-state index < -0.39 is 10.9 Å². The molecule has 0 atom stereocenters. The molecule has 0 aromatic heterocycles. The number of halogens is 1. The topological polar surface area (TPSA) is 83.7 Å². The summed E-state index contributed by atoms with van der Waals surface area (Å²) in [5.74, 6) is -0.682. The van der Waals surface area contributed by atoms with Crippen LogP contribution in [0.25, 0.3) is 0 Å². The van der Waals surface area contributed by atoms with E-state index in [-0.39, 0.29) is 16.3 Å². The summed E-state index contributed by atoms with van der Waals surface area (Å²) in [5, 5.41) is 20.1. The number of hydrogen-bond donors (Lipinski definition) is 1.